The first-order valence-corrected chi connectivity index (χ1v) is 5.63. The van der Waals surface area contributed by atoms with Gasteiger partial charge in [-0.25, -0.2) is 9.18 Å². The molecule has 1 amide bonds. The normalized spacial score (nSPS) is 11.0. The molecule has 6 heteroatoms. The number of phenols is 1. The molecule has 0 radical (unpaired) electrons. The van der Waals surface area contributed by atoms with Gasteiger partial charge in [-0.3, -0.25) is 10.1 Å². The van der Waals surface area contributed by atoms with E-state index < -0.39 is 28.8 Å². The van der Waals surface area contributed by atoms with Crippen molar-refractivity contribution in [1.29, 1.82) is 0 Å². The molecular formula is C13H16FNO4. The summed E-state index contributed by atoms with van der Waals surface area (Å²) in [6.45, 7) is 6.46. The molecule has 0 aliphatic heterocycles. The molecule has 0 saturated carbocycles. The Balaban J connectivity index is 3.06. The molecule has 0 bridgehead atoms. The summed E-state index contributed by atoms with van der Waals surface area (Å²) < 4.78 is 18.5. The summed E-state index contributed by atoms with van der Waals surface area (Å²) in [6, 6.07) is 1.22. The third-order valence-electron chi connectivity index (χ3n) is 2.21. The van der Waals surface area contributed by atoms with Gasteiger partial charge in [0.1, 0.15) is 11.4 Å². The summed E-state index contributed by atoms with van der Waals surface area (Å²) in [5.74, 6) is -1.44. The number of aryl methyl sites for hydroxylation is 1. The van der Waals surface area contributed by atoms with E-state index in [0.29, 0.717) is 0 Å². The lowest BCUT2D eigenvalue weighted by molar-refractivity contribution is 0.0635. The maximum Gasteiger partial charge on any atom is 0.412 e. The van der Waals surface area contributed by atoms with Crippen LogP contribution in [0.2, 0.25) is 0 Å². The number of hydrogen-bond acceptors (Lipinski definition) is 4. The van der Waals surface area contributed by atoms with Crippen molar-refractivity contribution in [2.75, 3.05) is 5.32 Å². The molecule has 104 valence electrons. The second-order valence-electron chi connectivity index (χ2n) is 5.06. The third-order valence-corrected chi connectivity index (χ3v) is 2.21. The van der Waals surface area contributed by atoms with Gasteiger partial charge in [-0.1, -0.05) is 0 Å². The van der Waals surface area contributed by atoms with Gasteiger partial charge >= 0.3 is 6.09 Å². The standard InChI is InChI=1S/C13H16FNO4/c1-7-5-9(11(17)8(6-16)10(7)14)15-12(18)19-13(2,3)4/h5-6,17H,1-4H3,(H,15,18). The first kappa shape index (κ1) is 14.9. The van der Waals surface area contributed by atoms with Gasteiger partial charge in [0.05, 0.1) is 11.3 Å². The molecule has 0 saturated heterocycles. The number of anilines is 1. The van der Waals surface area contributed by atoms with E-state index in [1.807, 2.05) is 0 Å². The van der Waals surface area contributed by atoms with E-state index in [2.05, 4.69) is 5.32 Å². The Kier molecular flexibility index (Phi) is 4.14. The van der Waals surface area contributed by atoms with E-state index >= 15 is 0 Å². The summed E-state index contributed by atoms with van der Waals surface area (Å²) in [4.78, 5) is 22.3. The second kappa shape index (κ2) is 5.26. The van der Waals surface area contributed by atoms with Crippen molar-refractivity contribution in [3.63, 3.8) is 0 Å². The van der Waals surface area contributed by atoms with Gasteiger partial charge in [0.25, 0.3) is 0 Å². The minimum absolute atomic E-state index is 0.0738. The highest BCUT2D eigenvalue weighted by molar-refractivity contribution is 5.91. The highest BCUT2D eigenvalue weighted by Crippen LogP contribution is 2.31. The number of hydrogen-bond donors (Lipinski definition) is 2. The smallest absolute Gasteiger partial charge is 0.412 e. The van der Waals surface area contributed by atoms with Crippen LogP contribution in [0.4, 0.5) is 14.9 Å². The van der Waals surface area contributed by atoms with E-state index in [4.69, 9.17) is 4.74 Å². The van der Waals surface area contributed by atoms with E-state index in [0.717, 1.165) is 0 Å². The molecule has 0 aliphatic rings. The molecule has 0 fully saturated rings. The van der Waals surface area contributed by atoms with Crippen molar-refractivity contribution in [2.24, 2.45) is 0 Å². The molecule has 0 heterocycles. The van der Waals surface area contributed by atoms with Gasteiger partial charge in [-0.15, -0.1) is 0 Å². The number of ether oxygens (including phenoxy) is 1. The second-order valence-corrected chi connectivity index (χ2v) is 5.06. The Labute approximate surface area is 110 Å². The number of carbonyl (C=O) groups excluding carboxylic acids is 2. The van der Waals surface area contributed by atoms with E-state index in [1.54, 1.807) is 20.8 Å². The van der Waals surface area contributed by atoms with Gasteiger partial charge in [0.2, 0.25) is 0 Å². The quantitative estimate of drug-likeness (QED) is 0.639. The zero-order chi connectivity index (χ0) is 14.8. The molecule has 0 aliphatic carbocycles. The van der Waals surface area contributed by atoms with Gasteiger partial charge in [-0.2, -0.15) is 0 Å². The lowest BCUT2D eigenvalue weighted by Crippen LogP contribution is -2.27. The fraction of sp³-hybridized carbons (Fsp3) is 0.385. The molecule has 2 N–H and O–H groups in total. The van der Waals surface area contributed by atoms with Crippen LogP contribution in [-0.2, 0) is 4.74 Å². The largest absolute Gasteiger partial charge is 0.505 e. The Hall–Kier alpha value is -2.11. The van der Waals surface area contributed by atoms with Gasteiger partial charge < -0.3 is 9.84 Å². The zero-order valence-corrected chi connectivity index (χ0v) is 11.2. The summed E-state index contributed by atoms with van der Waals surface area (Å²) >= 11 is 0. The van der Waals surface area contributed by atoms with Crippen LogP contribution in [-0.4, -0.2) is 23.1 Å². The lowest BCUT2D eigenvalue weighted by Gasteiger charge is -2.20. The molecule has 1 aromatic rings. The number of phenolic OH excluding ortho intramolecular Hbond substituents is 1. The molecule has 0 unspecified atom stereocenters. The summed E-state index contributed by atoms with van der Waals surface area (Å²) in [5.41, 5.74) is -1.14. The highest BCUT2D eigenvalue weighted by atomic mass is 19.1. The number of aromatic hydroxyl groups is 1. The molecular weight excluding hydrogens is 253 g/mol. The average Bonchev–Trinajstić information content (AvgIpc) is 2.24. The van der Waals surface area contributed by atoms with Crippen LogP contribution >= 0.6 is 0 Å². The van der Waals surface area contributed by atoms with Gasteiger partial charge in [-0.05, 0) is 39.3 Å². The minimum atomic E-state index is -0.817. The van der Waals surface area contributed by atoms with Crippen molar-refractivity contribution in [3.05, 3.63) is 23.0 Å². The summed E-state index contributed by atoms with van der Waals surface area (Å²) in [5, 5.41) is 12.0. The maximum absolute atomic E-state index is 13.5. The third kappa shape index (κ3) is 3.67. The molecule has 0 spiro atoms. The summed E-state index contributed by atoms with van der Waals surface area (Å²) in [7, 11) is 0. The van der Waals surface area contributed by atoms with Crippen molar-refractivity contribution < 1.29 is 23.8 Å². The molecule has 0 aromatic heterocycles. The first-order chi connectivity index (χ1) is 8.65. The first-order valence-electron chi connectivity index (χ1n) is 5.63. The highest BCUT2D eigenvalue weighted by Gasteiger charge is 2.20. The van der Waals surface area contributed by atoms with Crippen LogP contribution in [0, 0.1) is 12.7 Å². The number of nitrogens with one attached hydrogen (secondary N) is 1. The SMILES string of the molecule is Cc1cc(NC(=O)OC(C)(C)C)c(O)c(C=O)c1F. The number of carbonyl (C=O) groups is 2. The zero-order valence-electron chi connectivity index (χ0n) is 11.2. The fourth-order valence-electron chi connectivity index (χ4n) is 1.43. The monoisotopic (exact) mass is 269 g/mol. The van der Waals surface area contributed by atoms with Crippen LogP contribution in [0.15, 0.2) is 6.07 Å². The van der Waals surface area contributed by atoms with Gasteiger partial charge in [0, 0.05) is 0 Å². The Morgan fingerprint density at radius 1 is 1.47 bits per heavy atom. The Bertz CT molecular complexity index is 520. The van der Waals surface area contributed by atoms with Crippen LogP contribution in [0.5, 0.6) is 5.75 Å². The van der Waals surface area contributed by atoms with E-state index in [1.165, 1.54) is 13.0 Å². The van der Waals surface area contributed by atoms with Crippen LogP contribution in [0.25, 0.3) is 0 Å². The molecule has 19 heavy (non-hydrogen) atoms. The van der Waals surface area contributed by atoms with Crippen LogP contribution in [0.3, 0.4) is 0 Å². The molecule has 5 nitrogen and oxygen atoms in total. The number of benzene rings is 1. The van der Waals surface area contributed by atoms with E-state index in [9.17, 15) is 19.1 Å². The number of rotatable bonds is 2. The van der Waals surface area contributed by atoms with E-state index in [-0.39, 0.29) is 17.5 Å². The van der Waals surface area contributed by atoms with Gasteiger partial charge in [0.15, 0.2) is 12.0 Å². The fourth-order valence-corrected chi connectivity index (χ4v) is 1.43. The minimum Gasteiger partial charge on any atom is -0.505 e. The molecule has 1 aromatic carbocycles. The van der Waals surface area contributed by atoms with Crippen molar-refractivity contribution >= 4 is 18.1 Å². The lowest BCUT2D eigenvalue weighted by atomic mass is 10.1. The number of amides is 1. The maximum atomic E-state index is 13.5. The number of aldehydes is 1. The molecule has 1 rings (SSSR count). The average molecular weight is 269 g/mol. The number of halogens is 1. The molecule has 0 atom stereocenters. The predicted molar refractivity (Wildman–Crippen MR) is 68.0 cm³/mol. The summed E-state index contributed by atoms with van der Waals surface area (Å²) in [6.07, 6.45) is -0.608. The van der Waals surface area contributed by atoms with Crippen LogP contribution in [0.1, 0.15) is 36.7 Å². The van der Waals surface area contributed by atoms with Crippen molar-refractivity contribution in [2.45, 2.75) is 33.3 Å². The Morgan fingerprint density at radius 3 is 2.53 bits per heavy atom. The van der Waals surface area contributed by atoms with Crippen molar-refractivity contribution in [3.8, 4) is 5.75 Å². The Morgan fingerprint density at radius 2 is 2.05 bits per heavy atom. The topological polar surface area (TPSA) is 75.6 Å². The van der Waals surface area contributed by atoms with Crippen molar-refractivity contribution in [1.82, 2.24) is 0 Å². The predicted octanol–water partition coefficient (Wildman–Crippen LogP) is 3.00. The van der Waals surface area contributed by atoms with Crippen LogP contribution < -0.4 is 5.32 Å².